The molecule has 0 aromatic heterocycles. The van der Waals surface area contributed by atoms with Crippen LogP contribution in [0.25, 0.3) is 0 Å². The third-order valence-electron chi connectivity index (χ3n) is 3.15. The van der Waals surface area contributed by atoms with Gasteiger partial charge in [0.05, 0.1) is 25.4 Å². The minimum atomic E-state index is -1.00. The van der Waals surface area contributed by atoms with Gasteiger partial charge in [-0.2, -0.15) is 0 Å². The largest absolute Gasteiger partial charge is 0.390 e. The van der Waals surface area contributed by atoms with Crippen molar-refractivity contribution in [2.75, 3.05) is 13.7 Å². The number of ether oxygens (including phenoxy) is 3. The zero-order valence-corrected chi connectivity index (χ0v) is 10.9. The van der Waals surface area contributed by atoms with E-state index in [4.69, 9.17) is 14.2 Å². The van der Waals surface area contributed by atoms with Crippen molar-refractivity contribution >= 4 is 0 Å². The summed E-state index contributed by atoms with van der Waals surface area (Å²) in [6.07, 6.45) is -2.57. The summed E-state index contributed by atoms with van der Waals surface area (Å²) in [7, 11) is 1.44. The Bertz CT molecular complexity index is 369. The number of rotatable bonds is 5. The third kappa shape index (κ3) is 3.99. The van der Waals surface area contributed by atoms with Gasteiger partial charge in [0.15, 0.2) is 6.29 Å². The number of hydrogen-bond donors (Lipinski definition) is 2. The molecule has 1 aromatic carbocycles. The van der Waals surface area contributed by atoms with Gasteiger partial charge < -0.3 is 24.4 Å². The SMILES string of the molecule is CO[C@@H]1O[C@@H](COCc2ccccc2)C[C@@H](O)[C@H]1O. The van der Waals surface area contributed by atoms with Gasteiger partial charge >= 0.3 is 0 Å². The molecule has 4 atom stereocenters. The van der Waals surface area contributed by atoms with E-state index in [9.17, 15) is 10.2 Å². The fourth-order valence-electron chi connectivity index (χ4n) is 2.10. The first-order valence-corrected chi connectivity index (χ1v) is 6.36. The van der Waals surface area contributed by atoms with Crippen LogP contribution in [-0.4, -0.2) is 48.5 Å². The molecule has 2 N–H and O–H groups in total. The fraction of sp³-hybridized carbons (Fsp3) is 0.571. The highest BCUT2D eigenvalue weighted by molar-refractivity contribution is 5.13. The summed E-state index contributed by atoms with van der Waals surface area (Å²) >= 11 is 0. The predicted molar refractivity (Wildman–Crippen MR) is 68.4 cm³/mol. The van der Waals surface area contributed by atoms with Crippen molar-refractivity contribution in [2.24, 2.45) is 0 Å². The Morgan fingerprint density at radius 1 is 1.26 bits per heavy atom. The quantitative estimate of drug-likeness (QED) is 0.822. The molecule has 19 heavy (non-hydrogen) atoms. The van der Waals surface area contributed by atoms with Crippen LogP contribution in [0.1, 0.15) is 12.0 Å². The van der Waals surface area contributed by atoms with Crippen LogP contribution in [0.2, 0.25) is 0 Å². The molecule has 1 saturated heterocycles. The van der Waals surface area contributed by atoms with E-state index < -0.39 is 18.5 Å². The lowest BCUT2D eigenvalue weighted by Crippen LogP contribution is -2.50. The van der Waals surface area contributed by atoms with E-state index in [1.165, 1.54) is 7.11 Å². The summed E-state index contributed by atoms with van der Waals surface area (Å²) in [5, 5.41) is 19.3. The summed E-state index contributed by atoms with van der Waals surface area (Å²) in [5.41, 5.74) is 1.09. The third-order valence-corrected chi connectivity index (χ3v) is 3.15. The molecule has 1 fully saturated rings. The van der Waals surface area contributed by atoms with Crippen molar-refractivity contribution in [3.05, 3.63) is 35.9 Å². The Hall–Kier alpha value is -0.980. The molecule has 0 aliphatic carbocycles. The average molecular weight is 268 g/mol. The van der Waals surface area contributed by atoms with Crippen LogP contribution in [0.3, 0.4) is 0 Å². The maximum absolute atomic E-state index is 9.70. The summed E-state index contributed by atoms with van der Waals surface area (Å²) in [5.74, 6) is 0. The molecule has 0 amide bonds. The molecule has 1 aliphatic heterocycles. The van der Waals surface area contributed by atoms with E-state index in [1.807, 2.05) is 30.3 Å². The maximum atomic E-state index is 9.70. The van der Waals surface area contributed by atoms with E-state index in [2.05, 4.69) is 0 Å². The predicted octanol–water partition coefficient (Wildman–Crippen LogP) is 0.686. The Morgan fingerprint density at radius 2 is 2.00 bits per heavy atom. The summed E-state index contributed by atoms with van der Waals surface area (Å²) in [6, 6.07) is 9.83. The van der Waals surface area contributed by atoms with Crippen LogP contribution < -0.4 is 0 Å². The van der Waals surface area contributed by atoms with Crippen LogP contribution in [-0.2, 0) is 20.8 Å². The van der Waals surface area contributed by atoms with Crippen LogP contribution in [0.4, 0.5) is 0 Å². The molecule has 106 valence electrons. The highest BCUT2D eigenvalue weighted by Crippen LogP contribution is 2.21. The fourth-order valence-corrected chi connectivity index (χ4v) is 2.10. The van der Waals surface area contributed by atoms with Crippen molar-refractivity contribution in [1.82, 2.24) is 0 Å². The van der Waals surface area contributed by atoms with Crippen LogP contribution in [0.15, 0.2) is 30.3 Å². The minimum absolute atomic E-state index is 0.271. The number of benzene rings is 1. The van der Waals surface area contributed by atoms with Crippen LogP contribution in [0.5, 0.6) is 0 Å². The minimum Gasteiger partial charge on any atom is -0.390 e. The maximum Gasteiger partial charge on any atom is 0.186 e. The lowest BCUT2D eigenvalue weighted by molar-refractivity contribution is -0.264. The number of hydrogen-bond acceptors (Lipinski definition) is 5. The first-order valence-electron chi connectivity index (χ1n) is 6.36. The monoisotopic (exact) mass is 268 g/mol. The van der Waals surface area contributed by atoms with Gasteiger partial charge in [-0.05, 0) is 5.56 Å². The normalized spacial score (nSPS) is 31.3. The molecule has 5 heteroatoms. The highest BCUT2D eigenvalue weighted by atomic mass is 16.7. The lowest BCUT2D eigenvalue weighted by Gasteiger charge is -2.36. The lowest BCUT2D eigenvalue weighted by atomic mass is 10.0. The van der Waals surface area contributed by atoms with Gasteiger partial charge in [-0.1, -0.05) is 30.3 Å². The van der Waals surface area contributed by atoms with Gasteiger partial charge in [0.2, 0.25) is 0 Å². The first kappa shape index (κ1) is 14.4. The number of aliphatic hydroxyl groups is 2. The van der Waals surface area contributed by atoms with Gasteiger partial charge in [0.25, 0.3) is 0 Å². The molecule has 1 aliphatic rings. The molecular weight excluding hydrogens is 248 g/mol. The Morgan fingerprint density at radius 3 is 2.68 bits per heavy atom. The number of methoxy groups -OCH3 is 1. The molecule has 0 bridgehead atoms. The van der Waals surface area contributed by atoms with Crippen LogP contribution in [0, 0.1) is 0 Å². The molecule has 2 rings (SSSR count). The van der Waals surface area contributed by atoms with Gasteiger partial charge in [-0.3, -0.25) is 0 Å². The van der Waals surface area contributed by atoms with Crippen LogP contribution >= 0.6 is 0 Å². The second-order valence-corrected chi connectivity index (χ2v) is 4.66. The van der Waals surface area contributed by atoms with Crippen molar-refractivity contribution in [2.45, 2.75) is 37.6 Å². The van der Waals surface area contributed by atoms with E-state index in [0.29, 0.717) is 19.6 Å². The van der Waals surface area contributed by atoms with Crippen molar-refractivity contribution in [1.29, 1.82) is 0 Å². The first-order chi connectivity index (χ1) is 9.20. The van der Waals surface area contributed by atoms with Crippen molar-refractivity contribution < 1.29 is 24.4 Å². The van der Waals surface area contributed by atoms with Gasteiger partial charge in [-0.25, -0.2) is 0 Å². The summed E-state index contributed by atoms with van der Waals surface area (Å²) in [4.78, 5) is 0. The van der Waals surface area contributed by atoms with E-state index in [-0.39, 0.29) is 6.10 Å². The van der Waals surface area contributed by atoms with Crippen molar-refractivity contribution in [3.8, 4) is 0 Å². The van der Waals surface area contributed by atoms with Gasteiger partial charge in [-0.15, -0.1) is 0 Å². The summed E-state index contributed by atoms with van der Waals surface area (Å²) in [6.45, 7) is 0.857. The standard InChI is InChI=1S/C14H20O5/c1-17-14-13(16)12(15)7-11(19-14)9-18-8-10-5-3-2-4-6-10/h2-6,11-16H,7-9H2,1H3/t11-,12-,13-,14-/m1/s1. The zero-order chi connectivity index (χ0) is 13.7. The molecule has 1 heterocycles. The number of aliphatic hydroxyl groups excluding tert-OH is 2. The molecule has 1 aromatic rings. The van der Waals surface area contributed by atoms with Gasteiger partial charge in [0.1, 0.15) is 6.10 Å². The van der Waals surface area contributed by atoms with Crippen molar-refractivity contribution in [3.63, 3.8) is 0 Å². The summed E-state index contributed by atoms with van der Waals surface area (Å²) < 4.78 is 16.0. The zero-order valence-electron chi connectivity index (χ0n) is 10.9. The Labute approximate surface area is 112 Å². The second kappa shape index (κ2) is 6.98. The molecule has 5 nitrogen and oxygen atoms in total. The molecule has 0 unspecified atom stereocenters. The smallest absolute Gasteiger partial charge is 0.186 e. The average Bonchev–Trinajstić information content (AvgIpc) is 2.43. The molecule has 0 saturated carbocycles. The molecular formula is C14H20O5. The molecule has 0 spiro atoms. The van der Waals surface area contributed by atoms with Gasteiger partial charge in [0, 0.05) is 13.5 Å². The Kier molecular flexibility index (Phi) is 5.30. The van der Waals surface area contributed by atoms with E-state index in [1.54, 1.807) is 0 Å². The Balaban J connectivity index is 1.77. The molecule has 0 radical (unpaired) electrons. The van der Waals surface area contributed by atoms with E-state index in [0.717, 1.165) is 5.56 Å². The second-order valence-electron chi connectivity index (χ2n) is 4.66. The topological polar surface area (TPSA) is 68.2 Å². The highest BCUT2D eigenvalue weighted by Gasteiger charge is 2.36. The van der Waals surface area contributed by atoms with E-state index >= 15 is 0 Å².